The summed E-state index contributed by atoms with van der Waals surface area (Å²) in [7, 11) is 0. The molecule has 0 bridgehead atoms. The molecule has 1 unspecified atom stereocenters. The van der Waals surface area contributed by atoms with E-state index in [0.717, 1.165) is 77.1 Å². The number of urea groups is 1. The summed E-state index contributed by atoms with van der Waals surface area (Å²) in [6.45, 7) is 6.60. The summed E-state index contributed by atoms with van der Waals surface area (Å²) in [5.41, 5.74) is 0.882. The highest BCUT2D eigenvalue weighted by atomic mass is 35.5. The summed E-state index contributed by atoms with van der Waals surface area (Å²) < 4.78 is 0. The number of piperazine rings is 1. The molecule has 1 aromatic carbocycles. The molecule has 5 rings (SSSR count). The van der Waals surface area contributed by atoms with Gasteiger partial charge in [0.2, 0.25) is 0 Å². The highest BCUT2D eigenvalue weighted by Crippen LogP contribution is 2.39. The molecule has 2 amide bonds. The van der Waals surface area contributed by atoms with Crippen molar-refractivity contribution in [1.29, 1.82) is 0 Å². The molecule has 194 valence electrons. The summed E-state index contributed by atoms with van der Waals surface area (Å²) >= 11 is 12.0. The SMILES string of the molecule is O=C(Nc1ccc(Cl)c(Cl)c1)N1CCN(CC2CCN(C3CCC(O)(c4cccnc4)CC3)C2)CC1. The lowest BCUT2D eigenvalue weighted by atomic mass is 9.78. The van der Waals surface area contributed by atoms with Gasteiger partial charge in [0.1, 0.15) is 0 Å². The molecule has 3 aliphatic rings. The second-order valence-electron chi connectivity index (χ2n) is 10.5. The van der Waals surface area contributed by atoms with Crippen LogP contribution in [0.2, 0.25) is 10.0 Å². The minimum atomic E-state index is -0.727. The van der Waals surface area contributed by atoms with Crippen LogP contribution in [0, 0.1) is 5.92 Å². The number of nitrogens with zero attached hydrogens (tertiary/aromatic N) is 4. The first kappa shape index (κ1) is 25.7. The predicted octanol–water partition coefficient (Wildman–Crippen LogP) is 4.69. The number of benzene rings is 1. The molecule has 2 aliphatic heterocycles. The molecule has 2 saturated heterocycles. The molecular weight excluding hydrogens is 497 g/mol. The molecule has 2 N–H and O–H groups in total. The van der Waals surface area contributed by atoms with E-state index in [1.807, 2.05) is 23.2 Å². The van der Waals surface area contributed by atoms with Crippen molar-refractivity contribution >= 4 is 34.9 Å². The zero-order valence-electron chi connectivity index (χ0n) is 20.6. The van der Waals surface area contributed by atoms with Crippen LogP contribution < -0.4 is 5.32 Å². The summed E-state index contributed by atoms with van der Waals surface area (Å²) in [5.74, 6) is 0.667. The maximum absolute atomic E-state index is 12.7. The second-order valence-corrected chi connectivity index (χ2v) is 11.3. The number of carbonyl (C=O) groups excluding carboxylic acids is 1. The van der Waals surface area contributed by atoms with Gasteiger partial charge in [-0.25, -0.2) is 4.79 Å². The van der Waals surface area contributed by atoms with E-state index in [9.17, 15) is 9.90 Å². The second kappa shape index (κ2) is 11.2. The first-order valence-electron chi connectivity index (χ1n) is 13.0. The van der Waals surface area contributed by atoms with Crippen LogP contribution in [-0.4, -0.2) is 82.7 Å². The molecule has 1 saturated carbocycles. The van der Waals surface area contributed by atoms with E-state index in [1.54, 1.807) is 24.4 Å². The first-order chi connectivity index (χ1) is 17.4. The fourth-order valence-corrected chi connectivity index (χ4v) is 6.29. The Kier molecular flexibility index (Phi) is 8.03. The molecule has 0 spiro atoms. The fourth-order valence-electron chi connectivity index (χ4n) is 5.99. The van der Waals surface area contributed by atoms with Gasteiger partial charge in [-0.15, -0.1) is 0 Å². The highest BCUT2D eigenvalue weighted by molar-refractivity contribution is 6.42. The van der Waals surface area contributed by atoms with Crippen molar-refractivity contribution < 1.29 is 9.90 Å². The van der Waals surface area contributed by atoms with E-state index in [-0.39, 0.29) is 6.03 Å². The molecule has 1 atom stereocenters. The van der Waals surface area contributed by atoms with Crippen molar-refractivity contribution in [3.8, 4) is 0 Å². The van der Waals surface area contributed by atoms with Crippen LogP contribution in [0.1, 0.15) is 37.7 Å². The fraction of sp³-hybridized carbons (Fsp3) is 0.556. The highest BCUT2D eigenvalue weighted by Gasteiger charge is 2.38. The zero-order chi connectivity index (χ0) is 25.1. The zero-order valence-corrected chi connectivity index (χ0v) is 22.1. The van der Waals surface area contributed by atoms with Crippen LogP contribution in [0.5, 0.6) is 0 Å². The Labute approximate surface area is 223 Å². The normalized spacial score (nSPS) is 27.8. The lowest BCUT2D eigenvalue weighted by Crippen LogP contribution is -2.51. The van der Waals surface area contributed by atoms with Crippen molar-refractivity contribution in [2.24, 2.45) is 5.92 Å². The largest absolute Gasteiger partial charge is 0.385 e. The van der Waals surface area contributed by atoms with E-state index in [1.165, 1.54) is 6.42 Å². The number of hydrogen-bond donors (Lipinski definition) is 2. The molecule has 1 aromatic heterocycles. The number of carbonyl (C=O) groups is 1. The minimum absolute atomic E-state index is 0.0939. The monoisotopic (exact) mass is 531 g/mol. The Morgan fingerprint density at radius 1 is 1.06 bits per heavy atom. The Morgan fingerprint density at radius 2 is 1.83 bits per heavy atom. The topological polar surface area (TPSA) is 71.9 Å². The van der Waals surface area contributed by atoms with E-state index < -0.39 is 5.60 Å². The van der Waals surface area contributed by atoms with Crippen molar-refractivity contribution in [2.45, 2.75) is 43.7 Å². The molecule has 0 radical (unpaired) electrons. The number of likely N-dealkylation sites (tertiary alicyclic amines) is 1. The van der Waals surface area contributed by atoms with Gasteiger partial charge >= 0.3 is 6.03 Å². The van der Waals surface area contributed by atoms with Gasteiger partial charge in [-0.2, -0.15) is 0 Å². The third kappa shape index (κ3) is 5.97. The van der Waals surface area contributed by atoms with E-state index in [4.69, 9.17) is 23.2 Å². The number of hydrogen-bond acceptors (Lipinski definition) is 5. The standard InChI is InChI=1S/C27H35Cl2N5O2/c28-24-4-3-22(16-25(24)29)31-26(35)33-14-12-32(13-15-33)18-20-7-11-34(19-20)23-5-8-27(36,9-6-23)21-2-1-10-30-17-21/h1-4,10,16-17,20,23,36H,5-9,11-15,18-19H2,(H,31,35). The number of anilines is 1. The van der Waals surface area contributed by atoms with Crippen LogP contribution in [0.4, 0.5) is 10.5 Å². The van der Waals surface area contributed by atoms with Crippen LogP contribution in [0.15, 0.2) is 42.7 Å². The molecule has 36 heavy (non-hydrogen) atoms. The van der Waals surface area contributed by atoms with Crippen LogP contribution in [0.3, 0.4) is 0 Å². The smallest absolute Gasteiger partial charge is 0.321 e. The summed E-state index contributed by atoms with van der Waals surface area (Å²) in [4.78, 5) is 23.9. The maximum Gasteiger partial charge on any atom is 0.321 e. The number of rotatable bonds is 5. The summed E-state index contributed by atoms with van der Waals surface area (Å²) in [6, 6.07) is 9.51. The van der Waals surface area contributed by atoms with Gasteiger partial charge in [-0.1, -0.05) is 29.3 Å². The molecule has 9 heteroatoms. The Bertz CT molecular complexity index is 1040. The van der Waals surface area contributed by atoms with Gasteiger partial charge < -0.3 is 20.2 Å². The maximum atomic E-state index is 12.7. The Balaban J connectivity index is 1.04. The third-order valence-electron chi connectivity index (χ3n) is 8.16. The minimum Gasteiger partial charge on any atom is -0.385 e. The average molecular weight is 533 g/mol. The quantitative estimate of drug-likeness (QED) is 0.585. The van der Waals surface area contributed by atoms with Gasteiger partial charge in [0.05, 0.1) is 15.6 Å². The van der Waals surface area contributed by atoms with Crippen molar-refractivity contribution in [1.82, 2.24) is 19.7 Å². The number of aliphatic hydroxyl groups is 1. The van der Waals surface area contributed by atoms with Gasteiger partial charge in [0, 0.05) is 69.0 Å². The predicted molar refractivity (Wildman–Crippen MR) is 144 cm³/mol. The third-order valence-corrected chi connectivity index (χ3v) is 8.90. The van der Waals surface area contributed by atoms with Crippen molar-refractivity contribution in [2.75, 3.05) is 51.1 Å². The van der Waals surface area contributed by atoms with Gasteiger partial charge in [-0.05, 0) is 68.8 Å². The van der Waals surface area contributed by atoms with Gasteiger partial charge in [-0.3, -0.25) is 9.88 Å². The molecule has 3 fully saturated rings. The molecular formula is C27H35Cl2N5O2. The van der Waals surface area contributed by atoms with Crippen LogP contribution >= 0.6 is 23.2 Å². The number of halogens is 2. The number of nitrogens with one attached hydrogen (secondary N) is 1. The van der Waals surface area contributed by atoms with E-state index >= 15 is 0 Å². The van der Waals surface area contributed by atoms with Gasteiger partial charge in [0.15, 0.2) is 0 Å². The Morgan fingerprint density at radius 3 is 2.53 bits per heavy atom. The van der Waals surface area contributed by atoms with Crippen LogP contribution in [0.25, 0.3) is 0 Å². The van der Waals surface area contributed by atoms with Gasteiger partial charge in [0.25, 0.3) is 0 Å². The molecule has 2 aromatic rings. The first-order valence-corrected chi connectivity index (χ1v) is 13.8. The number of aromatic nitrogens is 1. The number of amides is 2. The average Bonchev–Trinajstić information content (AvgIpc) is 3.36. The van der Waals surface area contributed by atoms with Crippen molar-refractivity contribution in [3.05, 3.63) is 58.3 Å². The van der Waals surface area contributed by atoms with E-state index in [0.29, 0.717) is 27.7 Å². The summed E-state index contributed by atoms with van der Waals surface area (Å²) in [6.07, 6.45) is 8.46. The Hall–Kier alpha value is -1.90. The number of pyridine rings is 1. The summed E-state index contributed by atoms with van der Waals surface area (Å²) in [5, 5.41) is 15.0. The molecule has 1 aliphatic carbocycles. The van der Waals surface area contributed by atoms with Crippen LogP contribution in [-0.2, 0) is 5.60 Å². The van der Waals surface area contributed by atoms with E-state index in [2.05, 4.69) is 20.1 Å². The molecule has 7 nitrogen and oxygen atoms in total. The lowest BCUT2D eigenvalue weighted by Gasteiger charge is -2.40. The molecule has 3 heterocycles. The lowest BCUT2D eigenvalue weighted by molar-refractivity contribution is -0.0229. The van der Waals surface area contributed by atoms with Crippen molar-refractivity contribution in [3.63, 3.8) is 0 Å².